The van der Waals surface area contributed by atoms with Crippen LogP contribution in [0.15, 0.2) is 6.20 Å². The monoisotopic (exact) mass is 317 g/mol. The minimum absolute atomic E-state index is 0.480. The first-order valence-electron chi connectivity index (χ1n) is 8.55. The van der Waals surface area contributed by atoms with Crippen molar-refractivity contribution >= 4 is 22.8 Å². The third kappa shape index (κ3) is 3.90. The second-order valence-corrected chi connectivity index (χ2v) is 6.62. The third-order valence-electron chi connectivity index (χ3n) is 4.55. The summed E-state index contributed by atoms with van der Waals surface area (Å²) in [6, 6.07) is 0. The number of likely N-dealkylation sites (tertiary alicyclic amines) is 1. The summed E-state index contributed by atoms with van der Waals surface area (Å²) >= 11 is 0. The number of nitrogen functional groups attached to an aromatic ring is 1. The van der Waals surface area contributed by atoms with Gasteiger partial charge in [-0.25, -0.2) is 0 Å². The highest BCUT2D eigenvalue weighted by atomic mass is 15.3. The van der Waals surface area contributed by atoms with Crippen LogP contribution in [0.4, 0.5) is 11.8 Å². The van der Waals surface area contributed by atoms with Crippen molar-refractivity contribution in [1.29, 1.82) is 0 Å². The molecule has 1 fully saturated rings. The Kier molecular flexibility index (Phi) is 4.95. The van der Waals surface area contributed by atoms with Gasteiger partial charge in [-0.05, 0) is 44.7 Å². The van der Waals surface area contributed by atoms with E-state index in [-0.39, 0.29) is 0 Å². The van der Waals surface area contributed by atoms with E-state index in [0.29, 0.717) is 11.8 Å². The number of rotatable bonds is 6. The molecule has 23 heavy (non-hydrogen) atoms. The van der Waals surface area contributed by atoms with Gasteiger partial charge in [0.2, 0.25) is 5.95 Å². The van der Waals surface area contributed by atoms with Gasteiger partial charge in [0.05, 0.1) is 11.6 Å². The topological polar surface area (TPSA) is 84.9 Å². The van der Waals surface area contributed by atoms with Gasteiger partial charge in [-0.1, -0.05) is 6.92 Å². The fraction of sp³-hybridized carbons (Fsp3) is 0.688. The maximum atomic E-state index is 5.96. The van der Waals surface area contributed by atoms with E-state index in [2.05, 4.69) is 32.2 Å². The first kappa shape index (κ1) is 16.0. The van der Waals surface area contributed by atoms with Crippen LogP contribution >= 0.6 is 0 Å². The molecule has 1 unspecified atom stereocenters. The van der Waals surface area contributed by atoms with Gasteiger partial charge in [0.25, 0.3) is 0 Å². The van der Waals surface area contributed by atoms with Crippen LogP contribution in [0.3, 0.4) is 0 Å². The van der Waals surface area contributed by atoms with Gasteiger partial charge < -0.3 is 16.0 Å². The van der Waals surface area contributed by atoms with Crippen molar-refractivity contribution in [3.05, 3.63) is 6.20 Å². The van der Waals surface area contributed by atoms with E-state index in [1.54, 1.807) is 10.9 Å². The number of anilines is 2. The maximum Gasteiger partial charge on any atom is 0.226 e. The van der Waals surface area contributed by atoms with E-state index in [1.807, 2.05) is 7.05 Å². The Morgan fingerprint density at radius 1 is 1.35 bits per heavy atom. The lowest BCUT2D eigenvalue weighted by Gasteiger charge is -2.30. The summed E-state index contributed by atoms with van der Waals surface area (Å²) in [7, 11) is 1.86. The zero-order chi connectivity index (χ0) is 16.2. The fourth-order valence-corrected chi connectivity index (χ4v) is 3.27. The molecule has 0 amide bonds. The van der Waals surface area contributed by atoms with Crippen LogP contribution in [0.2, 0.25) is 0 Å². The van der Waals surface area contributed by atoms with Crippen LogP contribution in [0.1, 0.15) is 32.6 Å². The van der Waals surface area contributed by atoms with E-state index in [1.165, 1.54) is 38.9 Å². The molecule has 1 aliphatic rings. The number of unbranched alkanes of at least 4 members (excludes halogenated alkanes) is 1. The minimum Gasteiger partial charge on any atom is -0.383 e. The predicted molar refractivity (Wildman–Crippen MR) is 93.3 cm³/mol. The van der Waals surface area contributed by atoms with Crippen molar-refractivity contribution in [1.82, 2.24) is 24.6 Å². The van der Waals surface area contributed by atoms with Crippen LogP contribution in [0.5, 0.6) is 0 Å². The number of nitrogens with zero attached hydrogens (tertiary/aromatic N) is 5. The summed E-state index contributed by atoms with van der Waals surface area (Å²) in [4.78, 5) is 11.4. The molecule has 0 bridgehead atoms. The second kappa shape index (κ2) is 7.12. The second-order valence-electron chi connectivity index (χ2n) is 6.62. The van der Waals surface area contributed by atoms with Gasteiger partial charge in [-0.3, -0.25) is 4.68 Å². The first-order valence-corrected chi connectivity index (χ1v) is 8.55. The summed E-state index contributed by atoms with van der Waals surface area (Å²) < 4.78 is 1.72. The van der Waals surface area contributed by atoms with Gasteiger partial charge in [0, 0.05) is 20.1 Å². The van der Waals surface area contributed by atoms with Crippen molar-refractivity contribution in [3.8, 4) is 0 Å². The van der Waals surface area contributed by atoms with Crippen LogP contribution in [0.25, 0.3) is 11.0 Å². The van der Waals surface area contributed by atoms with Gasteiger partial charge in [-0.2, -0.15) is 15.1 Å². The Hall–Kier alpha value is -1.89. The van der Waals surface area contributed by atoms with Gasteiger partial charge in [0.15, 0.2) is 5.65 Å². The molecule has 3 rings (SSSR count). The molecule has 2 aromatic rings. The fourth-order valence-electron chi connectivity index (χ4n) is 3.27. The Bertz CT molecular complexity index is 651. The molecule has 7 heteroatoms. The zero-order valence-corrected chi connectivity index (χ0v) is 14.1. The quantitative estimate of drug-likeness (QED) is 0.791. The SMILES string of the molecule is CC1CCCN(CCCCNc2nc(N)c3cnn(C)c3n2)C1. The smallest absolute Gasteiger partial charge is 0.226 e. The lowest BCUT2D eigenvalue weighted by atomic mass is 10.0. The molecule has 1 atom stereocenters. The molecule has 0 aliphatic carbocycles. The zero-order valence-electron chi connectivity index (χ0n) is 14.1. The average molecular weight is 317 g/mol. The molecule has 1 aliphatic heterocycles. The van der Waals surface area contributed by atoms with Gasteiger partial charge in [-0.15, -0.1) is 0 Å². The molecule has 0 spiro atoms. The minimum atomic E-state index is 0.480. The van der Waals surface area contributed by atoms with Crippen molar-refractivity contribution < 1.29 is 0 Å². The number of aromatic nitrogens is 4. The summed E-state index contributed by atoms with van der Waals surface area (Å²) in [5.74, 6) is 1.92. The molecule has 3 heterocycles. The normalized spacial score (nSPS) is 19.3. The van der Waals surface area contributed by atoms with Crippen molar-refractivity contribution in [2.75, 3.05) is 37.2 Å². The number of hydrogen-bond acceptors (Lipinski definition) is 6. The molecule has 7 nitrogen and oxygen atoms in total. The lowest BCUT2D eigenvalue weighted by Crippen LogP contribution is -2.35. The Morgan fingerprint density at radius 2 is 2.22 bits per heavy atom. The highest BCUT2D eigenvalue weighted by Gasteiger charge is 2.15. The highest BCUT2D eigenvalue weighted by molar-refractivity contribution is 5.86. The van der Waals surface area contributed by atoms with Crippen molar-refractivity contribution in [2.24, 2.45) is 13.0 Å². The number of nitrogens with one attached hydrogen (secondary N) is 1. The van der Waals surface area contributed by atoms with E-state index in [9.17, 15) is 0 Å². The third-order valence-corrected chi connectivity index (χ3v) is 4.55. The first-order chi connectivity index (χ1) is 11.1. The van der Waals surface area contributed by atoms with Gasteiger partial charge >= 0.3 is 0 Å². The molecule has 126 valence electrons. The highest BCUT2D eigenvalue weighted by Crippen LogP contribution is 2.18. The Morgan fingerprint density at radius 3 is 3.04 bits per heavy atom. The molecule has 2 aromatic heterocycles. The summed E-state index contributed by atoms with van der Waals surface area (Å²) in [6.07, 6.45) is 6.74. The Balaban J connectivity index is 1.44. The number of fused-ring (bicyclic) bond motifs is 1. The molecule has 0 saturated carbocycles. The largest absolute Gasteiger partial charge is 0.383 e. The van der Waals surface area contributed by atoms with E-state index in [4.69, 9.17) is 5.73 Å². The summed E-state index contributed by atoms with van der Waals surface area (Å²) in [6.45, 7) is 6.92. The van der Waals surface area contributed by atoms with E-state index < -0.39 is 0 Å². The van der Waals surface area contributed by atoms with E-state index >= 15 is 0 Å². The molecular weight excluding hydrogens is 290 g/mol. The van der Waals surface area contributed by atoms with Crippen LogP contribution in [-0.4, -0.2) is 50.8 Å². The maximum absolute atomic E-state index is 5.96. The van der Waals surface area contributed by atoms with Crippen LogP contribution < -0.4 is 11.1 Å². The molecule has 3 N–H and O–H groups in total. The standard InChI is InChI=1S/C16H27N7/c1-12-6-5-9-23(11-12)8-4-3-7-18-16-20-14(17)13-10-19-22(2)15(13)21-16/h10,12H,3-9,11H2,1-2H3,(H3,17,18,20,21). The van der Waals surface area contributed by atoms with Crippen LogP contribution in [-0.2, 0) is 7.05 Å². The molecule has 1 saturated heterocycles. The lowest BCUT2D eigenvalue weighted by molar-refractivity contribution is 0.181. The molecule has 0 radical (unpaired) electrons. The Labute approximate surface area is 137 Å². The van der Waals surface area contributed by atoms with Crippen molar-refractivity contribution in [2.45, 2.75) is 32.6 Å². The molecular formula is C16H27N7. The summed E-state index contributed by atoms with van der Waals surface area (Å²) in [5.41, 5.74) is 6.73. The number of aryl methyl sites for hydroxylation is 1. The molecule has 0 aromatic carbocycles. The van der Waals surface area contributed by atoms with E-state index in [0.717, 1.165) is 29.9 Å². The average Bonchev–Trinajstić information content (AvgIpc) is 2.89. The summed E-state index contributed by atoms with van der Waals surface area (Å²) in [5, 5.41) is 8.25. The predicted octanol–water partition coefficient (Wildman–Crippen LogP) is 1.87. The van der Waals surface area contributed by atoms with Crippen molar-refractivity contribution in [3.63, 3.8) is 0 Å². The van der Waals surface area contributed by atoms with Crippen LogP contribution in [0, 0.1) is 5.92 Å². The number of nitrogens with two attached hydrogens (primary N) is 1. The van der Waals surface area contributed by atoms with Gasteiger partial charge in [0.1, 0.15) is 5.82 Å². The number of piperidine rings is 1. The number of hydrogen-bond donors (Lipinski definition) is 2.